The Kier molecular flexibility index (Phi) is 3.70. The van der Waals surface area contributed by atoms with Crippen molar-refractivity contribution in [1.82, 2.24) is 4.90 Å². The number of aliphatic carboxylic acids is 1. The molecule has 4 heteroatoms. The van der Waals surface area contributed by atoms with Crippen LogP contribution in [-0.2, 0) is 22.4 Å². The van der Waals surface area contributed by atoms with Gasteiger partial charge in [0, 0.05) is 12.5 Å². The molecule has 1 aromatic carbocycles. The largest absolute Gasteiger partial charge is 0.480 e. The number of hydrogen-bond acceptors (Lipinski definition) is 2. The fourth-order valence-corrected chi connectivity index (χ4v) is 3.71. The Labute approximate surface area is 124 Å². The van der Waals surface area contributed by atoms with Gasteiger partial charge in [0.25, 0.3) is 0 Å². The summed E-state index contributed by atoms with van der Waals surface area (Å²) in [6.07, 6.45) is 3.26. The monoisotopic (exact) mass is 287 g/mol. The third kappa shape index (κ3) is 2.55. The molecule has 0 radical (unpaired) electrons. The Morgan fingerprint density at radius 1 is 1.19 bits per heavy atom. The van der Waals surface area contributed by atoms with E-state index in [1.807, 2.05) is 19.1 Å². The quantitative estimate of drug-likeness (QED) is 0.906. The van der Waals surface area contributed by atoms with Gasteiger partial charge in [0.2, 0.25) is 5.91 Å². The van der Waals surface area contributed by atoms with Crippen LogP contribution in [0.25, 0.3) is 0 Å². The van der Waals surface area contributed by atoms with Crippen LogP contribution in [0, 0.1) is 11.8 Å². The molecule has 0 bridgehead atoms. The van der Waals surface area contributed by atoms with Crippen molar-refractivity contribution >= 4 is 11.9 Å². The van der Waals surface area contributed by atoms with Gasteiger partial charge < -0.3 is 10.0 Å². The molecular weight excluding hydrogens is 266 g/mol. The second kappa shape index (κ2) is 5.51. The third-order valence-electron chi connectivity index (χ3n) is 4.93. The molecule has 21 heavy (non-hydrogen) atoms. The predicted molar refractivity (Wildman–Crippen MR) is 78.9 cm³/mol. The molecule has 1 aromatic rings. The van der Waals surface area contributed by atoms with Crippen molar-refractivity contribution in [3.8, 4) is 0 Å². The fourth-order valence-electron chi connectivity index (χ4n) is 3.71. The van der Waals surface area contributed by atoms with Gasteiger partial charge >= 0.3 is 5.97 Å². The van der Waals surface area contributed by atoms with E-state index >= 15 is 0 Å². The lowest BCUT2D eigenvalue weighted by molar-refractivity contribution is -0.151. The summed E-state index contributed by atoms with van der Waals surface area (Å²) in [6, 6.07) is 7.59. The lowest BCUT2D eigenvalue weighted by Crippen LogP contribution is -2.46. The fraction of sp³-hybridized carbons (Fsp3) is 0.529. The Balaban J connectivity index is 1.76. The van der Waals surface area contributed by atoms with Crippen LogP contribution in [0.15, 0.2) is 24.3 Å². The van der Waals surface area contributed by atoms with E-state index in [1.165, 1.54) is 11.1 Å². The Morgan fingerprint density at radius 3 is 2.62 bits per heavy atom. The van der Waals surface area contributed by atoms with Crippen molar-refractivity contribution in [3.05, 3.63) is 35.4 Å². The van der Waals surface area contributed by atoms with Gasteiger partial charge in [0.1, 0.15) is 6.04 Å². The number of carbonyl (C=O) groups is 2. The number of hydrogen-bond donors (Lipinski definition) is 1. The molecule has 1 aliphatic carbocycles. The lowest BCUT2D eigenvalue weighted by Gasteiger charge is -2.30. The van der Waals surface area contributed by atoms with Gasteiger partial charge in [-0.1, -0.05) is 31.2 Å². The summed E-state index contributed by atoms with van der Waals surface area (Å²) in [4.78, 5) is 25.8. The van der Waals surface area contributed by atoms with E-state index in [0.29, 0.717) is 6.54 Å². The summed E-state index contributed by atoms with van der Waals surface area (Å²) < 4.78 is 0. The summed E-state index contributed by atoms with van der Waals surface area (Å²) in [6.45, 7) is 2.50. The molecule has 1 heterocycles. The molecule has 4 nitrogen and oxygen atoms in total. The standard InChI is InChI=1S/C17H21NO3/c1-11-8-9-18(15(11)17(20)21)16(19)14-7-6-12-4-2-3-5-13(12)10-14/h2-5,11,14-15H,6-10H2,1H3,(H,20,21). The highest BCUT2D eigenvalue weighted by Gasteiger charge is 2.41. The van der Waals surface area contributed by atoms with Crippen molar-refractivity contribution in [3.63, 3.8) is 0 Å². The minimum Gasteiger partial charge on any atom is -0.480 e. The van der Waals surface area contributed by atoms with E-state index in [0.717, 1.165) is 25.7 Å². The Bertz CT molecular complexity index is 569. The molecule has 1 amide bonds. The van der Waals surface area contributed by atoms with Crippen molar-refractivity contribution in [2.45, 2.75) is 38.6 Å². The van der Waals surface area contributed by atoms with E-state index in [2.05, 4.69) is 12.1 Å². The van der Waals surface area contributed by atoms with Gasteiger partial charge in [-0.15, -0.1) is 0 Å². The zero-order valence-corrected chi connectivity index (χ0v) is 12.3. The number of carbonyl (C=O) groups excluding carboxylic acids is 1. The molecule has 1 N–H and O–H groups in total. The molecule has 2 aliphatic rings. The molecule has 1 fully saturated rings. The number of carboxylic acids is 1. The topological polar surface area (TPSA) is 57.6 Å². The van der Waals surface area contributed by atoms with Crippen LogP contribution in [0.3, 0.4) is 0 Å². The minimum absolute atomic E-state index is 0.0289. The van der Waals surface area contributed by atoms with Crippen molar-refractivity contribution < 1.29 is 14.7 Å². The van der Waals surface area contributed by atoms with Crippen molar-refractivity contribution in [2.75, 3.05) is 6.54 Å². The number of amides is 1. The van der Waals surface area contributed by atoms with Gasteiger partial charge in [-0.2, -0.15) is 0 Å². The SMILES string of the molecule is CC1CCN(C(=O)C2CCc3ccccc3C2)C1C(=O)O. The van der Waals surface area contributed by atoms with E-state index in [4.69, 9.17) is 0 Å². The van der Waals surface area contributed by atoms with E-state index in [-0.39, 0.29) is 17.7 Å². The molecule has 0 aromatic heterocycles. The van der Waals surface area contributed by atoms with Gasteiger partial charge in [0.05, 0.1) is 0 Å². The average molecular weight is 287 g/mol. The van der Waals surface area contributed by atoms with E-state index < -0.39 is 12.0 Å². The second-order valence-corrected chi connectivity index (χ2v) is 6.29. The Hall–Kier alpha value is -1.84. The van der Waals surface area contributed by atoms with E-state index in [9.17, 15) is 14.7 Å². The molecule has 1 aliphatic heterocycles. The zero-order chi connectivity index (χ0) is 15.0. The Morgan fingerprint density at radius 2 is 1.90 bits per heavy atom. The third-order valence-corrected chi connectivity index (χ3v) is 4.93. The molecule has 3 atom stereocenters. The van der Waals surface area contributed by atoms with Gasteiger partial charge in [-0.25, -0.2) is 4.79 Å². The summed E-state index contributed by atoms with van der Waals surface area (Å²) in [5.41, 5.74) is 2.56. The van der Waals surface area contributed by atoms with Crippen LogP contribution >= 0.6 is 0 Å². The van der Waals surface area contributed by atoms with Crippen molar-refractivity contribution in [2.24, 2.45) is 11.8 Å². The zero-order valence-electron chi connectivity index (χ0n) is 12.3. The van der Waals surface area contributed by atoms with Gasteiger partial charge in [-0.3, -0.25) is 4.79 Å². The molecule has 0 spiro atoms. The highest BCUT2D eigenvalue weighted by atomic mass is 16.4. The molecule has 3 rings (SSSR count). The normalized spacial score (nSPS) is 28.2. The number of rotatable bonds is 2. The number of carboxylic acid groups (broad SMARTS) is 1. The second-order valence-electron chi connectivity index (χ2n) is 6.29. The first-order valence-corrected chi connectivity index (χ1v) is 7.68. The first-order valence-electron chi connectivity index (χ1n) is 7.68. The summed E-state index contributed by atoms with van der Waals surface area (Å²) in [7, 11) is 0. The maximum absolute atomic E-state index is 12.7. The number of likely N-dealkylation sites (tertiary alicyclic amines) is 1. The summed E-state index contributed by atoms with van der Waals surface area (Å²) in [5, 5.41) is 9.37. The number of benzene rings is 1. The van der Waals surface area contributed by atoms with Crippen LogP contribution in [-0.4, -0.2) is 34.5 Å². The maximum Gasteiger partial charge on any atom is 0.326 e. The van der Waals surface area contributed by atoms with Crippen LogP contribution in [0.1, 0.15) is 30.9 Å². The van der Waals surface area contributed by atoms with Crippen molar-refractivity contribution in [1.29, 1.82) is 0 Å². The van der Waals surface area contributed by atoms with Crippen LogP contribution in [0.5, 0.6) is 0 Å². The predicted octanol–water partition coefficient (Wildman–Crippen LogP) is 2.11. The maximum atomic E-state index is 12.7. The number of nitrogens with zero attached hydrogens (tertiary/aromatic N) is 1. The first-order chi connectivity index (χ1) is 10.1. The first kappa shape index (κ1) is 14.1. The highest BCUT2D eigenvalue weighted by molar-refractivity contribution is 5.86. The summed E-state index contributed by atoms with van der Waals surface area (Å²) >= 11 is 0. The number of fused-ring (bicyclic) bond motifs is 1. The highest BCUT2D eigenvalue weighted by Crippen LogP contribution is 2.31. The van der Waals surface area contributed by atoms with Crippen LogP contribution in [0.2, 0.25) is 0 Å². The lowest BCUT2D eigenvalue weighted by atomic mass is 9.83. The summed E-state index contributed by atoms with van der Waals surface area (Å²) in [5.74, 6) is -0.861. The van der Waals surface area contributed by atoms with Gasteiger partial charge in [0.15, 0.2) is 0 Å². The minimum atomic E-state index is -0.871. The van der Waals surface area contributed by atoms with E-state index in [1.54, 1.807) is 4.90 Å². The molecule has 0 saturated carbocycles. The average Bonchev–Trinajstić information content (AvgIpc) is 2.88. The molecule has 1 saturated heterocycles. The molecule has 3 unspecified atom stereocenters. The smallest absolute Gasteiger partial charge is 0.326 e. The number of aryl methyl sites for hydroxylation is 1. The van der Waals surface area contributed by atoms with Gasteiger partial charge in [-0.05, 0) is 42.7 Å². The van der Waals surface area contributed by atoms with Crippen LogP contribution in [0.4, 0.5) is 0 Å². The molecule has 112 valence electrons. The van der Waals surface area contributed by atoms with Crippen LogP contribution < -0.4 is 0 Å². The molecular formula is C17H21NO3.